The van der Waals surface area contributed by atoms with Crippen LogP contribution in [0.2, 0.25) is 0 Å². The zero-order valence-corrected chi connectivity index (χ0v) is 13.8. The van der Waals surface area contributed by atoms with Gasteiger partial charge in [-0.15, -0.1) is 0 Å². The number of nitrogens with one attached hydrogen (secondary N) is 1. The molecule has 0 radical (unpaired) electrons. The van der Waals surface area contributed by atoms with E-state index in [1.165, 1.54) is 18.4 Å². The predicted molar refractivity (Wildman–Crippen MR) is 86.8 cm³/mol. The highest BCUT2D eigenvalue weighted by molar-refractivity contribution is 5.30. The number of hydrogen-bond acceptors (Lipinski definition) is 3. The van der Waals surface area contributed by atoms with E-state index in [0.717, 1.165) is 18.7 Å². The fourth-order valence-corrected chi connectivity index (χ4v) is 2.65. The van der Waals surface area contributed by atoms with Crippen molar-refractivity contribution in [3.63, 3.8) is 0 Å². The van der Waals surface area contributed by atoms with Gasteiger partial charge in [-0.2, -0.15) is 0 Å². The molecular formula is C18H29NO2. The second-order valence-corrected chi connectivity index (χ2v) is 6.26. The third kappa shape index (κ3) is 4.72. The van der Waals surface area contributed by atoms with Crippen LogP contribution in [-0.2, 0) is 4.74 Å². The van der Waals surface area contributed by atoms with Gasteiger partial charge in [0, 0.05) is 7.11 Å². The number of hydrogen-bond donors (Lipinski definition) is 1. The molecule has 21 heavy (non-hydrogen) atoms. The maximum Gasteiger partial charge on any atom is 0.119 e. The lowest BCUT2D eigenvalue weighted by Gasteiger charge is -2.30. The van der Waals surface area contributed by atoms with Crippen LogP contribution < -0.4 is 10.1 Å². The smallest absolute Gasteiger partial charge is 0.119 e. The molecule has 0 aliphatic heterocycles. The predicted octanol–water partition coefficient (Wildman–Crippen LogP) is 3.94. The quantitative estimate of drug-likeness (QED) is 0.747. The highest BCUT2D eigenvalue weighted by Gasteiger charge is 2.26. The molecule has 1 aliphatic carbocycles. The minimum absolute atomic E-state index is 0.173. The molecule has 1 N–H and O–H groups in total. The molecule has 3 heteroatoms. The Labute approximate surface area is 129 Å². The first-order valence-electron chi connectivity index (χ1n) is 8.18. The molecule has 2 rings (SSSR count). The Kier molecular flexibility index (Phi) is 6.07. The van der Waals surface area contributed by atoms with Crippen molar-refractivity contribution in [2.24, 2.45) is 5.92 Å². The lowest BCUT2D eigenvalue weighted by molar-refractivity contribution is 0.0326. The lowest BCUT2D eigenvalue weighted by Crippen LogP contribution is -2.37. The molecule has 3 nitrogen and oxygen atoms in total. The van der Waals surface area contributed by atoms with Crippen LogP contribution in [0.3, 0.4) is 0 Å². The molecule has 0 bridgehead atoms. The van der Waals surface area contributed by atoms with Gasteiger partial charge in [-0.1, -0.05) is 32.9 Å². The largest absolute Gasteiger partial charge is 0.490 e. The van der Waals surface area contributed by atoms with Crippen LogP contribution in [0.1, 0.15) is 51.6 Å². The molecule has 0 amide bonds. The van der Waals surface area contributed by atoms with Crippen LogP contribution in [0.5, 0.6) is 5.75 Å². The maximum absolute atomic E-state index is 5.82. The highest BCUT2D eigenvalue weighted by atomic mass is 16.5. The minimum Gasteiger partial charge on any atom is -0.490 e. The van der Waals surface area contributed by atoms with Gasteiger partial charge in [-0.25, -0.2) is 0 Å². The summed E-state index contributed by atoms with van der Waals surface area (Å²) in [5.41, 5.74) is 1.27. The van der Waals surface area contributed by atoms with Crippen molar-refractivity contribution >= 4 is 0 Å². The Morgan fingerprint density at radius 3 is 2.33 bits per heavy atom. The SMILES string of the molecule is CCCNC(c1ccc(OC2CC2)cc1)C(OC)C(C)C. The standard InChI is InChI=1S/C18H29NO2/c1-5-12-19-17(18(20-4)13(2)3)14-6-8-15(9-7-14)21-16-10-11-16/h6-9,13,16-19H,5,10-12H2,1-4H3. The average molecular weight is 291 g/mol. The first-order chi connectivity index (χ1) is 10.2. The highest BCUT2D eigenvalue weighted by Crippen LogP contribution is 2.29. The molecule has 1 aromatic rings. The van der Waals surface area contributed by atoms with Crippen molar-refractivity contribution in [3.8, 4) is 5.75 Å². The maximum atomic E-state index is 5.82. The van der Waals surface area contributed by atoms with Crippen molar-refractivity contribution in [2.45, 2.75) is 58.3 Å². The molecule has 0 spiro atoms. The van der Waals surface area contributed by atoms with E-state index in [9.17, 15) is 0 Å². The molecule has 1 aliphatic rings. The van der Waals surface area contributed by atoms with E-state index >= 15 is 0 Å². The molecule has 0 aromatic heterocycles. The van der Waals surface area contributed by atoms with Gasteiger partial charge in [0.05, 0.1) is 18.2 Å². The van der Waals surface area contributed by atoms with Gasteiger partial charge < -0.3 is 14.8 Å². The fraction of sp³-hybridized carbons (Fsp3) is 0.667. The van der Waals surface area contributed by atoms with E-state index in [-0.39, 0.29) is 12.1 Å². The molecule has 0 saturated heterocycles. The van der Waals surface area contributed by atoms with Crippen LogP contribution in [0.25, 0.3) is 0 Å². The summed E-state index contributed by atoms with van der Waals surface area (Å²) >= 11 is 0. The summed E-state index contributed by atoms with van der Waals surface area (Å²) in [4.78, 5) is 0. The molecule has 0 heterocycles. The fourth-order valence-electron chi connectivity index (χ4n) is 2.65. The van der Waals surface area contributed by atoms with Gasteiger partial charge in [0.2, 0.25) is 0 Å². The van der Waals surface area contributed by atoms with Crippen molar-refractivity contribution < 1.29 is 9.47 Å². The third-order valence-electron chi connectivity index (χ3n) is 3.94. The van der Waals surface area contributed by atoms with Crippen molar-refractivity contribution in [3.05, 3.63) is 29.8 Å². The van der Waals surface area contributed by atoms with Gasteiger partial charge >= 0.3 is 0 Å². The summed E-state index contributed by atoms with van der Waals surface area (Å²) in [6.07, 6.45) is 4.13. The van der Waals surface area contributed by atoms with E-state index in [1.807, 2.05) is 0 Å². The van der Waals surface area contributed by atoms with Crippen LogP contribution >= 0.6 is 0 Å². The normalized spacial score (nSPS) is 17.8. The van der Waals surface area contributed by atoms with Crippen LogP contribution in [0, 0.1) is 5.92 Å². The topological polar surface area (TPSA) is 30.5 Å². The minimum atomic E-state index is 0.173. The Morgan fingerprint density at radius 2 is 1.86 bits per heavy atom. The number of benzene rings is 1. The summed E-state index contributed by atoms with van der Waals surface area (Å²) in [5.74, 6) is 1.45. The van der Waals surface area contributed by atoms with Gasteiger partial charge in [0.15, 0.2) is 0 Å². The molecule has 2 unspecified atom stereocenters. The third-order valence-corrected chi connectivity index (χ3v) is 3.94. The lowest BCUT2D eigenvalue weighted by atomic mass is 9.93. The second-order valence-electron chi connectivity index (χ2n) is 6.26. The van der Waals surface area contributed by atoms with Gasteiger partial charge in [-0.05, 0) is 49.4 Å². The Morgan fingerprint density at radius 1 is 1.19 bits per heavy atom. The van der Waals surface area contributed by atoms with Crippen molar-refractivity contribution in [1.82, 2.24) is 5.32 Å². The molecular weight excluding hydrogens is 262 g/mol. The molecule has 1 fully saturated rings. The van der Waals surface area contributed by atoms with Crippen LogP contribution in [0.15, 0.2) is 24.3 Å². The molecule has 118 valence electrons. The van der Waals surface area contributed by atoms with E-state index in [1.54, 1.807) is 7.11 Å². The Hall–Kier alpha value is -1.06. The molecule has 1 saturated carbocycles. The summed E-state index contributed by atoms with van der Waals surface area (Å²) in [6, 6.07) is 8.73. The Balaban J connectivity index is 2.10. The average Bonchev–Trinajstić information content (AvgIpc) is 3.28. The number of ether oxygens (including phenoxy) is 2. The summed E-state index contributed by atoms with van der Waals surface area (Å²) < 4.78 is 11.6. The number of methoxy groups -OCH3 is 1. The number of rotatable bonds is 9. The van der Waals surface area contributed by atoms with Crippen LogP contribution in [0.4, 0.5) is 0 Å². The van der Waals surface area contributed by atoms with Gasteiger partial charge in [0.1, 0.15) is 5.75 Å². The first kappa shape index (κ1) is 16.3. The monoisotopic (exact) mass is 291 g/mol. The zero-order valence-electron chi connectivity index (χ0n) is 13.8. The second kappa shape index (κ2) is 7.81. The van der Waals surface area contributed by atoms with Crippen molar-refractivity contribution in [2.75, 3.05) is 13.7 Å². The van der Waals surface area contributed by atoms with Gasteiger partial charge in [-0.3, -0.25) is 0 Å². The van der Waals surface area contributed by atoms with Gasteiger partial charge in [0.25, 0.3) is 0 Å². The van der Waals surface area contributed by atoms with E-state index in [0.29, 0.717) is 12.0 Å². The summed E-state index contributed by atoms with van der Waals surface area (Å²) in [6.45, 7) is 7.60. The van der Waals surface area contributed by atoms with E-state index in [4.69, 9.17) is 9.47 Å². The first-order valence-corrected chi connectivity index (χ1v) is 8.18. The van der Waals surface area contributed by atoms with Crippen LogP contribution in [-0.4, -0.2) is 25.9 Å². The zero-order chi connectivity index (χ0) is 15.2. The summed E-state index contributed by atoms with van der Waals surface area (Å²) in [5, 5.41) is 3.62. The van der Waals surface area contributed by atoms with Crippen molar-refractivity contribution in [1.29, 1.82) is 0 Å². The Bertz CT molecular complexity index is 412. The van der Waals surface area contributed by atoms with E-state index in [2.05, 4.69) is 50.4 Å². The molecule has 1 aromatic carbocycles. The molecule has 2 atom stereocenters. The van der Waals surface area contributed by atoms with E-state index < -0.39 is 0 Å². The summed E-state index contributed by atoms with van der Waals surface area (Å²) in [7, 11) is 1.80.